The largest absolute Gasteiger partial charge is 0.491 e. The molecule has 1 saturated heterocycles. The third-order valence-electron chi connectivity index (χ3n) is 7.65. The van der Waals surface area contributed by atoms with Gasteiger partial charge in [0.15, 0.2) is 5.65 Å². The van der Waals surface area contributed by atoms with E-state index in [0.717, 1.165) is 36.3 Å². The highest BCUT2D eigenvalue weighted by Gasteiger charge is 2.33. The zero-order chi connectivity index (χ0) is 29.1. The quantitative estimate of drug-likeness (QED) is 0.457. The molecular formula is C29H38N8O4. The van der Waals surface area contributed by atoms with E-state index >= 15 is 0 Å². The van der Waals surface area contributed by atoms with Gasteiger partial charge in [-0.1, -0.05) is 11.6 Å². The van der Waals surface area contributed by atoms with Crippen molar-refractivity contribution >= 4 is 34.9 Å². The molecule has 0 spiro atoms. The Labute approximate surface area is 239 Å². The number of nitrogens with two attached hydrogens (primary N) is 1. The molecule has 3 aromatic rings. The number of hydrogen-bond acceptors (Lipinski definition) is 9. The zero-order valence-electron chi connectivity index (χ0n) is 23.9. The van der Waals surface area contributed by atoms with Crippen LogP contribution in [0.3, 0.4) is 0 Å². The number of ketones is 1. The predicted octanol–water partition coefficient (Wildman–Crippen LogP) is 2.02. The number of Topliss-reactive ketones (excluding diaryl/α,β-unsaturated/α-hetero) is 1. The van der Waals surface area contributed by atoms with E-state index in [1.165, 1.54) is 11.8 Å². The molecule has 2 bridgehead atoms. The van der Waals surface area contributed by atoms with E-state index in [1.807, 2.05) is 48.0 Å². The van der Waals surface area contributed by atoms with Gasteiger partial charge in [0.25, 0.3) is 11.8 Å². The van der Waals surface area contributed by atoms with Gasteiger partial charge in [0.1, 0.15) is 24.0 Å². The van der Waals surface area contributed by atoms with Gasteiger partial charge in [-0.25, -0.2) is 4.98 Å². The van der Waals surface area contributed by atoms with Crippen molar-refractivity contribution in [3.63, 3.8) is 0 Å². The number of aryl methyl sites for hydroxylation is 1. The van der Waals surface area contributed by atoms with E-state index in [-0.39, 0.29) is 31.6 Å². The molecule has 1 unspecified atom stereocenters. The van der Waals surface area contributed by atoms with Gasteiger partial charge in [-0.3, -0.25) is 14.4 Å². The number of carbonyl (C=O) groups is 3. The number of nitrogens with zero attached hydrogens (tertiary/aromatic N) is 6. The number of nitrogens with one attached hydrogen (secondary N) is 1. The van der Waals surface area contributed by atoms with Crippen molar-refractivity contribution in [2.75, 3.05) is 63.1 Å². The smallest absolute Gasteiger partial charge is 0.289 e. The van der Waals surface area contributed by atoms with E-state index in [9.17, 15) is 14.4 Å². The maximum absolute atomic E-state index is 14.1. The molecule has 12 nitrogen and oxygen atoms in total. The molecule has 1 atom stereocenters. The summed E-state index contributed by atoms with van der Waals surface area (Å²) in [4.78, 5) is 49.1. The maximum atomic E-state index is 14.1. The average molecular weight is 563 g/mol. The summed E-state index contributed by atoms with van der Waals surface area (Å²) in [6.07, 6.45) is 2.69. The van der Waals surface area contributed by atoms with Crippen LogP contribution in [0.4, 0.5) is 11.6 Å². The molecule has 0 saturated carbocycles. The van der Waals surface area contributed by atoms with Gasteiger partial charge in [0.05, 0.1) is 23.8 Å². The highest BCUT2D eigenvalue weighted by molar-refractivity contribution is 6.35. The monoisotopic (exact) mass is 562 g/mol. The number of anilines is 2. The summed E-state index contributed by atoms with van der Waals surface area (Å²) in [7, 11) is 1.91. The minimum atomic E-state index is -0.578. The zero-order valence-corrected chi connectivity index (χ0v) is 23.9. The van der Waals surface area contributed by atoms with E-state index in [2.05, 4.69) is 5.32 Å². The van der Waals surface area contributed by atoms with Gasteiger partial charge in [-0.2, -0.15) is 9.61 Å². The van der Waals surface area contributed by atoms with Crippen LogP contribution in [0.1, 0.15) is 53.8 Å². The highest BCUT2D eigenvalue weighted by atomic mass is 16.5. The van der Waals surface area contributed by atoms with Crippen molar-refractivity contribution in [2.24, 2.45) is 5.73 Å². The number of piperidine rings is 1. The van der Waals surface area contributed by atoms with Crippen molar-refractivity contribution < 1.29 is 19.1 Å². The Hall–Kier alpha value is -4.19. The molecule has 2 aliphatic heterocycles. The molecule has 1 fully saturated rings. The first kappa shape index (κ1) is 28.3. The molecule has 4 heterocycles. The molecule has 2 amide bonds. The Morgan fingerprint density at radius 1 is 1.12 bits per heavy atom. The molecule has 41 heavy (non-hydrogen) atoms. The molecule has 3 N–H and O–H groups in total. The Morgan fingerprint density at radius 3 is 2.73 bits per heavy atom. The first-order chi connectivity index (χ1) is 19.8. The Bertz CT molecular complexity index is 1450. The molecule has 0 aliphatic carbocycles. The Kier molecular flexibility index (Phi) is 8.39. The molecular weight excluding hydrogens is 524 g/mol. The Balaban J connectivity index is 1.63. The maximum Gasteiger partial charge on any atom is 0.289 e. The molecule has 12 heteroatoms. The summed E-state index contributed by atoms with van der Waals surface area (Å²) in [5, 5.41) is 8.23. The van der Waals surface area contributed by atoms with E-state index in [4.69, 9.17) is 20.6 Å². The first-order valence-electron chi connectivity index (χ1n) is 14.2. The lowest BCUT2D eigenvalue weighted by atomic mass is 9.97. The number of ether oxygens (including phenoxy) is 1. The van der Waals surface area contributed by atoms with E-state index in [0.29, 0.717) is 49.0 Å². The third kappa shape index (κ3) is 5.97. The van der Waals surface area contributed by atoms with Crippen LogP contribution in [0, 0.1) is 6.92 Å². The molecule has 2 aliphatic rings. The van der Waals surface area contributed by atoms with Gasteiger partial charge in [0, 0.05) is 58.8 Å². The van der Waals surface area contributed by atoms with Crippen LogP contribution in [0.25, 0.3) is 5.65 Å². The number of aromatic nitrogens is 3. The number of benzene rings is 1. The summed E-state index contributed by atoms with van der Waals surface area (Å²) in [6.45, 7) is 5.88. The van der Waals surface area contributed by atoms with Gasteiger partial charge < -0.3 is 30.5 Å². The van der Waals surface area contributed by atoms with Crippen LogP contribution in [-0.4, -0.2) is 94.9 Å². The number of hydrogen-bond donors (Lipinski definition) is 2. The van der Waals surface area contributed by atoms with Crippen LogP contribution in [0.5, 0.6) is 5.75 Å². The summed E-state index contributed by atoms with van der Waals surface area (Å²) >= 11 is 0. The molecule has 218 valence electrons. The number of amides is 2. The second-order valence-corrected chi connectivity index (χ2v) is 10.7. The third-order valence-corrected chi connectivity index (χ3v) is 7.65. The molecule has 2 aromatic heterocycles. The summed E-state index contributed by atoms with van der Waals surface area (Å²) in [6, 6.07) is 9.17. The Morgan fingerprint density at radius 2 is 1.95 bits per heavy atom. The lowest BCUT2D eigenvalue weighted by Crippen LogP contribution is -2.43. The minimum Gasteiger partial charge on any atom is -0.491 e. The van der Waals surface area contributed by atoms with Gasteiger partial charge in [0.2, 0.25) is 5.78 Å². The van der Waals surface area contributed by atoms with Gasteiger partial charge in [-0.15, -0.1) is 0 Å². The van der Waals surface area contributed by atoms with Crippen LogP contribution in [0.15, 0.2) is 30.3 Å². The first-order valence-corrected chi connectivity index (χ1v) is 14.2. The number of likely N-dealkylation sites (N-methyl/N-ethyl adjacent to an activating group) is 1. The van der Waals surface area contributed by atoms with Crippen molar-refractivity contribution in [2.45, 2.75) is 39.2 Å². The van der Waals surface area contributed by atoms with Gasteiger partial charge in [-0.05, 0) is 38.3 Å². The normalized spacial score (nSPS) is 18.2. The summed E-state index contributed by atoms with van der Waals surface area (Å²) in [5.74, 6) is 0.629. The van der Waals surface area contributed by atoms with Crippen molar-refractivity contribution in [1.29, 1.82) is 0 Å². The van der Waals surface area contributed by atoms with Crippen molar-refractivity contribution in [3.8, 4) is 5.75 Å². The minimum absolute atomic E-state index is 0.121. The van der Waals surface area contributed by atoms with E-state index in [1.54, 1.807) is 10.6 Å². The SMILES string of the molecule is CC(=O)C(=O)N1CCOc2ccc(C)cc2C(=O)N2CCCCC2c2cc3nc(NCCN)cc(n3n2)N(C)CC1. The lowest BCUT2D eigenvalue weighted by Gasteiger charge is -2.35. The van der Waals surface area contributed by atoms with Crippen LogP contribution < -0.4 is 20.7 Å². The fourth-order valence-electron chi connectivity index (χ4n) is 5.46. The van der Waals surface area contributed by atoms with E-state index < -0.39 is 11.7 Å². The highest BCUT2D eigenvalue weighted by Crippen LogP contribution is 2.35. The number of carbonyl (C=O) groups excluding carboxylic acids is 3. The predicted molar refractivity (Wildman–Crippen MR) is 155 cm³/mol. The topological polar surface area (TPSA) is 138 Å². The fourth-order valence-corrected chi connectivity index (χ4v) is 5.46. The van der Waals surface area contributed by atoms with Gasteiger partial charge >= 0.3 is 0 Å². The van der Waals surface area contributed by atoms with Crippen molar-refractivity contribution in [3.05, 3.63) is 47.2 Å². The summed E-state index contributed by atoms with van der Waals surface area (Å²) in [5.41, 5.74) is 8.56. The second-order valence-electron chi connectivity index (χ2n) is 10.7. The molecule has 1 aromatic carbocycles. The molecule has 5 rings (SSSR count). The summed E-state index contributed by atoms with van der Waals surface area (Å²) < 4.78 is 7.88. The second kappa shape index (κ2) is 12.1. The van der Waals surface area contributed by atoms with Crippen molar-refractivity contribution in [1.82, 2.24) is 24.4 Å². The standard InChI is InChI=1S/C29H38N8O4/c1-19-7-8-24-21(16-19)29(40)36-11-5-4-6-23(36)22-17-26-32-25(31-10-9-30)18-27(37(26)33-22)34(3)12-13-35(14-15-41-24)28(39)20(2)38/h7-8,16-18,23H,4-6,9-15,30H2,1-3H3,(H,31,32). The lowest BCUT2D eigenvalue weighted by molar-refractivity contribution is -0.143. The number of fused-ring (bicyclic) bond motifs is 4. The van der Waals surface area contributed by atoms with Crippen LogP contribution >= 0.6 is 0 Å². The number of rotatable bonds is 4. The van der Waals surface area contributed by atoms with Crippen LogP contribution in [-0.2, 0) is 9.59 Å². The molecule has 0 radical (unpaired) electrons. The average Bonchev–Trinajstić information content (AvgIpc) is 3.40. The van der Waals surface area contributed by atoms with Crippen LogP contribution in [0.2, 0.25) is 0 Å². The fraction of sp³-hybridized carbons (Fsp3) is 0.483.